The third-order valence-corrected chi connectivity index (χ3v) is 5.80. The Morgan fingerprint density at radius 2 is 1.54 bits per heavy atom. The van der Waals surface area contributed by atoms with E-state index < -0.39 is 0 Å². The Labute approximate surface area is 168 Å². The van der Waals surface area contributed by atoms with Gasteiger partial charge in [0.25, 0.3) is 5.91 Å². The SMILES string of the molecule is Cc1ccc(C(=O)C2CCN(C(=O)c3ccc(C(C)(C)C)cc3)CC2)c(C)c1. The summed E-state index contributed by atoms with van der Waals surface area (Å²) in [6, 6.07) is 14.0. The number of likely N-dealkylation sites (tertiary alicyclic amines) is 1. The van der Waals surface area contributed by atoms with E-state index in [1.54, 1.807) is 0 Å². The minimum absolute atomic E-state index is 0.00808. The molecule has 0 aliphatic carbocycles. The topological polar surface area (TPSA) is 37.4 Å². The van der Waals surface area contributed by atoms with Gasteiger partial charge in [-0.25, -0.2) is 0 Å². The number of piperidine rings is 1. The van der Waals surface area contributed by atoms with E-state index in [9.17, 15) is 9.59 Å². The molecule has 0 unspecified atom stereocenters. The molecule has 2 aromatic carbocycles. The smallest absolute Gasteiger partial charge is 0.253 e. The molecule has 1 fully saturated rings. The van der Waals surface area contributed by atoms with E-state index in [1.807, 2.05) is 55.1 Å². The third kappa shape index (κ3) is 4.35. The van der Waals surface area contributed by atoms with Gasteiger partial charge in [-0.15, -0.1) is 0 Å². The van der Waals surface area contributed by atoms with Crippen molar-refractivity contribution >= 4 is 11.7 Å². The summed E-state index contributed by atoms with van der Waals surface area (Å²) >= 11 is 0. The van der Waals surface area contributed by atoms with E-state index in [2.05, 4.69) is 26.8 Å². The second-order valence-electron chi connectivity index (χ2n) is 9.08. The number of rotatable bonds is 3. The van der Waals surface area contributed by atoms with E-state index in [4.69, 9.17) is 0 Å². The van der Waals surface area contributed by atoms with Crippen LogP contribution in [0.25, 0.3) is 0 Å². The average Bonchev–Trinajstić information content (AvgIpc) is 2.66. The lowest BCUT2D eigenvalue weighted by atomic mass is 9.86. The van der Waals surface area contributed by atoms with Crippen LogP contribution in [0.4, 0.5) is 0 Å². The molecule has 3 nitrogen and oxygen atoms in total. The number of hydrogen-bond acceptors (Lipinski definition) is 2. The normalized spacial score (nSPS) is 15.5. The largest absolute Gasteiger partial charge is 0.339 e. The highest BCUT2D eigenvalue weighted by molar-refractivity contribution is 5.99. The molecule has 1 saturated heterocycles. The highest BCUT2D eigenvalue weighted by Crippen LogP contribution is 2.26. The fourth-order valence-electron chi connectivity index (χ4n) is 3.95. The Morgan fingerprint density at radius 1 is 0.929 bits per heavy atom. The van der Waals surface area contributed by atoms with E-state index in [0.29, 0.717) is 13.1 Å². The molecular weight excluding hydrogens is 346 g/mol. The number of ketones is 1. The van der Waals surface area contributed by atoms with Crippen LogP contribution >= 0.6 is 0 Å². The fourth-order valence-corrected chi connectivity index (χ4v) is 3.95. The van der Waals surface area contributed by atoms with E-state index in [0.717, 1.165) is 29.5 Å². The number of amides is 1. The van der Waals surface area contributed by atoms with Crippen LogP contribution in [0.1, 0.15) is 71.0 Å². The molecule has 3 heteroatoms. The maximum atomic E-state index is 12.9. The van der Waals surface area contributed by atoms with Crippen molar-refractivity contribution in [2.75, 3.05) is 13.1 Å². The lowest BCUT2D eigenvalue weighted by Crippen LogP contribution is -2.40. The van der Waals surface area contributed by atoms with Crippen LogP contribution in [0, 0.1) is 19.8 Å². The molecule has 1 aliphatic rings. The number of benzene rings is 2. The van der Waals surface area contributed by atoms with Crippen molar-refractivity contribution < 1.29 is 9.59 Å². The molecular formula is C25H31NO2. The zero-order valence-electron chi connectivity index (χ0n) is 17.7. The summed E-state index contributed by atoms with van der Waals surface area (Å²) in [6.07, 6.45) is 1.47. The minimum atomic E-state index is 0.00808. The van der Waals surface area contributed by atoms with Gasteiger partial charge in [-0.1, -0.05) is 56.7 Å². The molecule has 1 aliphatic heterocycles. The Morgan fingerprint density at radius 3 is 2.07 bits per heavy atom. The maximum absolute atomic E-state index is 12.9. The summed E-state index contributed by atoms with van der Waals surface area (Å²) in [5.74, 6) is 0.297. The van der Waals surface area contributed by atoms with Crippen LogP contribution in [0.5, 0.6) is 0 Å². The van der Waals surface area contributed by atoms with Crippen molar-refractivity contribution in [2.24, 2.45) is 5.92 Å². The quantitative estimate of drug-likeness (QED) is 0.678. The monoisotopic (exact) mass is 377 g/mol. The Hall–Kier alpha value is -2.42. The van der Waals surface area contributed by atoms with Crippen LogP contribution in [0.3, 0.4) is 0 Å². The summed E-state index contributed by atoms with van der Waals surface area (Å²) in [5.41, 5.74) is 5.07. The van der Waals surface area contributed by atoms with Crippen LogP contribution in [-0.2, 0) is 5.41 Å². The summed E-state index contributed by atoms with van der Waals surface area (Å²) in [7, 11) is 0. The zero-order chi connectivity index (χ0) is 20.5. The Kier molecular flexibility index (Phi) is 5.74. The Balaban J connectivity index is 1.63. The molecule has 0 saturated carbocycles. The van der Waals surface area contributed by atoms with Gasteiger partial charge in [0.15, 0.2) is 5.78 Å². The van der Waals surface area contributed by atoms with Crippen molar-refractivity contribution in [3.05, 3.63) is 70.3 Å². The van der Waals surface area contributed by atoms with Gasteiger partial charge in [0, 0.05) is 30.1 Å². The summed E-state index contributed by atoms with van der Waals surface area (Å²) in [6.45, 7) is 11.8. The predicted octanol–water partition coefficient (Wildman–Crippen LogP) is 5.34. The first-order valence-electron chi connectivity index (χ1n) is 10.2. The molecule has 0 atom stereocenters. The predicted molar refractivity (Wildman–Crippen MR) is 114 cm³/mol. The first-order chi connectivity index (χ1) is 13.2. The Bertz CT molecular complexity index is 866. The highest BCUT2D eigenvalue weighted by Gasteiger charge is 2.29. The van der Waals surface area contributed by atoms with Gasteiger partial charge in [0.1, 0.15) is 0 Å². The second-order valence-corrected chi connectivity index (χ2v) is 9.08. The molecule has 2 aromatic rings. The van der Waals surface area contributed by atoms with Crippen LogP contribution in [0.2, 0.25) is 0 Å². The molecule has 148 valence electrons. The van der Waals surface area contributed by atoms with Gasteiger partial charge in [0.2, 0.25) is 0 Å². The van der Waals surface area contributed by atoms with Gasteiger partial charge in [-0.2, -0.15) is 0 Å². The van der Waals surface area contributed by atoms with Crippen LogP contribution in [0.15, 0.2) is 42.5 Å². The molecule has 0 bridgehead atoms. The lowest BCUT2D eigenvalue weighted by molar-refractivity contribution is 0.0650. The van der Waals surface area contributed by atoms with Gasteiger partial charge in [0.05, 0.1) is 0 Å². The zero-order valence-corrected chi connectivity index (χ0v) is 17.7. The van der Waals surface area contributed by atoms with Gasteiger partial charge >= 0.3 is 0 Å². The molecule has 0 spiro atoms. The molecule has 3 rings (SSSR count). The number of carbonyl (C=O) groups excluding carboxylic acids is 2. The summed E-state index contributed by atoms with van der Waals surface area (Å²) < 4.78 is 0. The van der Waals surface area contributed by atoms with Crippen molar-refractivity contribution in [3.63, 3.8) is 0 Å². The van der Waals surface area contributed by atoms with Crippen molar-refractivity contribution in [2.45, 2.75) is 52.9 Å². The maximum Gasteiger partial charge on any atom is 0.253 e. The number of carbonyl (C=O) groups is 2. The van der Waals surface area contributed by atoms with Crippen LogP contribution < -0.4 is 0 Å². The van der Waals surface area contributed by atoms with Crippen molar-refractivity contribution in [3.8, 4) is 0 Å². The van der Waals surface area contributed by atoms with Crippen LogP contribution in [-0.4, -0.2) is 29.7 Å². The second kappa shape index (κ2) is 7.90. The van der Waals surface area contributed by atoms with E-state index in [-0.39, 0.29) is 23.0 Å². The molecule has 0 N–H and O–H groups in total. The number of aryl methyl sites for hydroxylation is 2. The van der Waals surface area contributed by atoms with Gasteiger partial charge < -0.3 is 4.90 Å². The lowest BCUT2D eigenvalue weighted by Gasteiger charge is -2.31. The average molecular weight is 378 g/mol. The number of hydrogen-bond donors (Lipinski definition) is 0. The standard InChI is InChI=1S/C25H31NO2/c1-17-6-11-22(18(2)16-17)23(27)19-12-14-26(15-13-19)24(28)20-7-9-21(10-8-20)25(3,4)5/h6-11,16,19H,12-15H2,1-5H3. The van der Waals surface area contributed by atoms with E-state index >= 15 is 0 Å². The molecule has 0 aromatic heterocycles. The minimum Gasteiger partial charge on any atom is -0.339 e. The van der Waals surface area contributed by atoms with Crippen molar-refractivity contribution in [1.82, 2.24) is 4.90 Å². The first-order valence-corrected chi connectivity index (χ1v) is 10.2. The molecule has 0 radical (unpaired) electrons. The summed E-state index contributed by atoms with van der Waals surface area (Å²) in [4.78, 5) is 27.6. The van der Waals surface area contributed by atoms with Gasteiger partial charge in [-0.3, -0.25) is 9.59 Å². The molecule has 1 heterocycles. The highest BCUT2D eigenvalue weighted by atomic mass is 16.2. The first kappa shape index (κ1) is 20.3. The number of Topliss-reactive ketones (excluding diaryl/α,β-unsaturated/α-hetero) is 1. The number of nitrogens with zero attached hydrogens (tertiary/aromatic N) is 1. The fraction of sp³-hybridized carbons (Fsp3) is 0.440. The molecule has 1 amide bonds. The molecule has 28 heavy (non-hydrogen) atoms. The van der Waals surface area contributed by atoms with Crippen molar-refractivity contribution in [1.29, 1.82) is 0 Å². The van der Waals surface area contributed by atoms with E-state index in [1.165, 1.54) is 11.1 Å². The summed E-state index contributed by atoms with van der Waals surface area (Å²) in [5, 5.41) is 0. The third-order valence-electron chi connectivity index (χ3n) is 5.80. The van der Waals surface area contributed by atoms with Gasteiger partial charge in [-0.05, 0) is 55.4 Å².